The number of hydrogen-bond acceptors (Lipinski definition) is 3. The lowest BCUT2D eigenvalue weighted by molar-refractivity contribution is 0.390. The first-order valence-corrected chi connectivity index (χ1v) is 8.79. The van der Waals surface area contributed by atoms with Crippen LogP contribution in [0, 0.1) is 17.2 Å². The van der Waals surface area contributed by atoms with Crippen LogP contribution in [0.3, 0.4) is 0 Å². The van der Waals surface area contributed by atoms with Gasteiger partial charge in [0.15, 0.2) is 0 Å². The van der Waals surface area contributed by atoms with Crippen molar-refractivity contribution in [1.29, 1.82) is 5.26 Å². The first-order valence-electron chi connectivity index (χ1n) is 7.85. The molecule has 0 saturated heterocycles. The minimum absolute atomic E-state index is 0.326. The summed E-state index contributed by atoms with van der Waals surface area (Å²) in [6.07, 6.45) is 9.01. The zero-order chi connectivity index (χ0) is 13.9. The van der Waals surface area contributed by atoms with Crippen LogP contribution < -0.4 is 5.32 Å². The zero-order valence-electron chi connectivity index (χ0n) is 12.6. The van der Waals surface area contributed by atoms with Gasteiger partial charge in [0.1, 0.15) is 5.54 Å². The molecule has 1 N–H and O–H groups in total. The first-order chi connectivity index (χ1) is 9.00. The highest BCUT2D eigenvalue weighted by Gasteiger charge is 2.34. The molecule has 0 aliphatic heterocycles. The molecule has 4 atom stereocenters. The Morgan fingerprint density at radius 3 is 2.68 bits per heavy atom. The molecule has 2 nitrogen and oxygen atoms in total. The van der Waals surface area contributed by atoms with Gasteiger partial charge in [-0.2, -0.15) is 17.0 Å². The second-order valence-corrected chi connectivity index (χ2v) is 8.65. The molecule has 2 fully saturated rings. The maximum absolute atomic E-state index is 9.44. The van der Waals surface area contributed by atoms with E-state index in [9.17, 15) is 5.26 Å². The largest absolute Gasteiger partial charge is 0.297 e. The quantitative estimate of drug-likeness (QED) is 0.795. The van der Waals surface area contributed by atoms with Crippen molar-refractivity contribution in [2.24, 2.45) is 5.92 Å². The number of thioether (sulfide) groups is 1. The van der Waals surface area contributed by atoms with Crippen molar-refractivity contribution in [3.8, 4) is 6.07 Å². The van der Waals surface area contributed by atoms with Crippen molar-refractivity contribution in [3.63, 3.8) is 0 Å². The molecular weight excluding hydrogens is 252 g/mol. The van der Waals surface area contributed by atoms with Crippen LogP contribution in [0.25, 0.3) is 0 Å². The smallest absolute Gasteiger partial charge is 0.105 e. The van der Waals surface area contributed by atoms with Crippen LogP contribution in [0.15, 0.2) is 0 Å². The van der Waals surface area contributed by atoms with Crippen molar-refractivity contribution in [2.45, 2.75) is 87.8 Å². The molecule has 2 saturated carbocycles. The van der Waals surface area contributed by atoms with Crippen molar-refractivity contribution < 1.29 is 0 Å². The van der Waals surface area contributed by atoms with Gasteiger partial charge in [0.05, 0.1) is 6.07 Å². The third-order valence-corrected chi connectivity index (χ3v) is 5.80. The van der Waals surface area contributed by atoms with E-state index in [2.05, 4.69) is 43.9 Å². The van der Waals surface area contributed by atoms with Crippen molar-refractivity contribution in [2.75, 3.05) is 0 Å². The van der Waals surface area contributed by atoms with Gasteiger partial charge in [0, 0.05) is 16.5 Å². The Balaban J connectivity index is 1.78. The molecule has 0 aromatic rings. The van der Waals surface area contributed by atoms with Crippen LogP contribution >= 0.6 is 11.8 Å². The lowest BCUT2D eigenvalue weighted by Gasteiger charge is -2.31. The number of hydrogen-bond donors (Lipinski definition) is 1. The van der Waals surface area contributed by atoms with Crippen molar-refractivity contribution in [3.05, 3.63) is 0 Å². The second kappa shape index (κ2) is 6.50. The normalized spacial score (nSPS) is 32.3. The summed E-state index contributed by atoms with van der Waals surface area (Å²) >= 11 is 2.12. The molecule has 0 aromatic heterocycles. The van der Waals surface area contributed by atoms with E-state index >= 15 is 0 Å². The molecule has 0 radical (unpaired) electrons. The summed E-state index contributed by atoms with van der Waals surface area (Å²) < 4.78 is 0. The van der Waals surface area contributed by atoms with Crippen LogP contribution in [-0.2, 0) is 0 Å². The van der Waals surface area contributed by atoms with E-state index in [1.807, 2.05) is 0 Å². The Hall–Kier alpha value is -0.200. The fourth-order valence-electron chi connectivity index (χ4n) is 3.27. The molecule has 2 rings (SSSR count). The molecule has 0 spiro atoms. The number of nitrogens with zero attached hydrogens (tertiary/aromatic N) is 1. The van der Waals surface area contributed by atoms with Crippen LogP contribution in [0.5, 0.6) is 0 Å². The third kappa shape index (κ3) is 5.00. The topological polar surface area (TPSA) is 35.8 Å². The van der Waals surface area contributed by atoms with Crippen molar-refractivity contribution >= 4 is 11.8 Å². The fraction of sp³-hybridized carbons (Fsp3) is 0.938. The fourth-order valence-corrected chi connectivity index (χ4v) is 5.10. The van der Waals surface area contributed by atoms with E-state index in [0.717, 1.165) is 17.6 Å². The maximum Gasteiger partial charge on any atom is 0.105 e. The van der Waals surface area contributed by atoms with E-state index in [1.54, 1.807) is 0 Å². The summed E-state index contributed by atoms with van der Waals surface area (Å²) in [7, 11) is 0. The van der Waals surface area contributed by atoms with E-state index in [0.29, 0.717) is 11.3 Å². The molecular formula is C16H28N2S. The minimum atomic E-state index is -0.326. The molecule has 2 aliphatic rings. The predicted molar refractivity (Wildman–Crippen MR) is 83.3 cm³/mol. The van der Waals surface area contributed by atoms with Gasteiger partial charge in [-0.1, -0.05) is 26.7 Å². The first kappa shape index (κ1) is 15.2. The number of nitriles is 1. The average Bonchev–Trinajstić information content (AvgIpc) is 3.12. The van der Waals surface area contributed by atoms with E-state index in [1.165, 1.54) is 38.5 Å². The van der Waals surface area contributed by atoms with Gasteiger partial charge in [-0.15, -0.1) is 0 Å². The molecule has 4 unspecified atom stereocenters. The highest BCUT2D eigenvalue weighted by atomic mass is 32.2. The Kier molecular flexibility index (Phi) is 5.20. The third-order valence-electron chi connectivity index (χ3n) is 4.36. The molecule has 0 aromatic carbocycles. The molecule has 0 heterocycles. The van der Waals surface area contributed by atoms with Crippen LogP contribution in [0.4, 0.5) is 0 Å². The molecule has 2 aliphatic carbocycles. The summed E-state index contributed by atoms with van der Waals surface area (Å²) in [4.78, 5) is 0. The van der Waals surface area contributed by atoms with Gasteiger partial charge in [0.25, 0.3) is 0 Å². The molecule has 108 valence electrons. The maximum atomic E-state index is 9.44. The minimum Gasteiger partial charge on any atom is -0.297 e. The Morgan fingerprint density at radius 1 is 1.37 bits per heavy atom. The van der Waals surface area contributed by atoms with E-state index in [4.69, 9.17) is 0 Å². The van der Waals surface area contributed by atoms with Crippen LogP contribution in [0.2, 0.25) is 0 Å². The standard InChI is InChI=1S/C16H28N2S/c1-12-5-4-6-15(9-12)19-13(2)10-16(3,11-17)18-14-7-8-14/h12-15,18H,4-10H2,1-3H3. The van der Waals surface area contributed by atoms with Gasteiger partial charge >= 0.3 is 0 Å². The van der Waals surface area contributed by atoms with Gasteiger partial charge < -0.3 is 0 Å². The summed E-state index contributed by atoms with van der Waals surface area (Å²) in [5.74, 6) is 0.894. The molecule has 0 bridgehead atoms. The Bertz CT molecular complexity index is 334. The van der Waals surface area contributed by atoms with Crippen LogP contribution in [-0.4, -0.2) is 22.1 Å². The monoisotopic (exact) mass is 280 g/mol. The van der Waals surface area contributed by atoms with Crippen LogP contribution in [0.1, 0.15) is 65.7 Å². The lowest BCUT2D eigenvalue weighted by atomic mass is 9.90. The van der Waals surface area contributed by atoms with E-state index < -0.39 is 0 Å². The number of nitrogens with one attached hydrogen (secondary N) is 1. The predicted octanol–water partition coefficient (Wildman–Crippen LogP) is 4.11. The lowest BCUT2D eigenvalue weighted by Crippen LogP contribution is -2.44. The molecule has 3 heteroatoms. The van der Waals surface area contributed by atoms with Gasteiger partial charge in [-0.05, 0) is 44.9 Å². The summed E-state index contributed by atoms with van der Waals surface area (Å²) in [6, 6.07) is 3.11. The summed E-state index contributed by atoms with van der Waals surface area (Å²) in [5, 5.41) is 14.4. The van der Waals surface area contributed by atoms with Gasteiger partial charge in [-0.3, -0.25) is 5.32 Å². The molecule has 19 heavy (non-hydrogen) atoms. The highest BCUT2D eigenvalue weighted by Crippen LogP contribution is 2.36. The zero-order valence-corrected chi connectivity index (χ0v) is 13.4. The molecule has 0 amide bonds. The highest BCUT2D eigenvalue weighted by molar-refractivity contribution is 8.00. The average molecular weight is 280 g/mol. The van der Waals surface area contributed by atoms with E-state index in [-0.39, 0.29) is 5.54 Å². The summed E-state index contributed by atoms with van der Waals surface area (Å²) in [5.41, 5.74) is -0.326. The Morgan fingerprint density at radius 2 is 2.11 bits per heavy atom. The van der Waals surface area contributed by atoms with Crippen molar-refractivity contribution in [1.82, 2.24) is 5.32 Å². The SMILES string of the molecule is CC1CCCC(SC(C)CC(C)(C#N)NC2CC2)C1. The number of rotatable bonds is 6. The Labute approximate surface area is 122 Å². The van der Waals surface area contributed by atoms with Gasteiger partial charge in [-0.25, -0.2) is 0 Å². The second-order valence-electron chi connectivity index (χ2n) is 6.91. The van der Waals surface area contributed by atoms with Gasteiger partial charge in [0.2, 0.25) is 0 Å². The summed E-state index contributed by atoms with van der Waals surface area (Å²) in [6.45, 7) is 6.76.